The van der Waals surface area contributed by atoms with Gasteiger partial charge in [-0.2, -0.15) is 0 Å². The molecule has 4 nitrogen and oxygen atoms in total. The zero-order valence-electron chi connectivity index (χ0n) is 19.0. The smallest absolute Gasteiger partial charge is 0.335 e. The van der Waals surface area contributed by atoms with Crippen LogP contribution in [0, 0.1) is 11.8 Å². The molecule has 1 fully saturated rings. The molecule has 6 heteroatoms. The van der Waals surface area contributed by atoms with Gasteiger partial charge in [0.1, 0.15) is 0 Å². The van der Waals surface area contributed by atoms with Gasteiger partial charge in [-0.15, -0.1) is 0 Å². The van der Waals surface area contributed by atoms with Crippen molar-refractivity contribution in [1.29, 1.82) is 0 Å². The van der Waals surface area contributed by atoms with Crippen molar-refractivity contribution < 1.29 is 9.90 Å². The lowest BCUT2D eigenvalue weighted by atomic mass is 9.82. The number of nitrogens with zero attached hydrogens (tertiary/aromatic N) is 2. The molecule has 1 aromatic carbocycles. The molecule has 1 N–H and O–H groups in total. The fourth-order valence-electron chi connectivity index (χ4n) is 4.83. The van der Waals surface area contributed by atoms with E-state index in [-0.39, 0.29) is 5.92 Å². The molecule has 174 valence electrons. The summed E-state index contributed by atoms with van der Waals surface area (Å²) >= 11 is 8.10. The lowest BCUT2D eigenvalue weighted by molar-refractivity contribution is 0.0697. The van der Waals surface area contributed by atoms with E-state index in [2.05, 4.69) is 29.7 Å². The Balaban J connectivity index is 1.72. The zero-order chi connectivity index (χ0) is 23.2. The Labute approximate surface area is 205 Å². The monoisotopic (exact) mass is 482 g/mol. The van der Waals surface area contributed by atoms with Gasteiger partial charge in [0, 0.05) is 33.8 Å². The Morgan fingerprint density at radius 2 is 2.09 bits per heavy atom. The minimum Gasteiger partial charge on any atom is -0.478 e. The maximum atomic E-state index is 11.6. The zero-order valence-corrected chi connectivity index (χ0v) is 20.6. The highest BCUT2D eigenvalue weighted by Gasteiger charge is 2.31. The van der Waals surface area contributed by atoms with Crippen LogP contribution in [-0.2, 0) is 6.42 Å². The molecule has 2 unspecified atom stereocenters. The quantitative estimate of drug-likeness (QED) is 0.397. The molecule has 0 spiro atoms. The SMILES string of the molecule is CCCc1cnc(SC(C2C=CC=C(Cl)C=C2)C2CCCCC2)n1-c1cccc(C(=O)O)c1. The van der Waals surface area contributed by atoms with E-state index in [1.165, 1.54) is 32.1 Å². The highest BCUT2D eigenvalue weighted by molar-refractivity contribution is 7.99. The van der Waals surface area contributed by atoms with Crippen LogP contribution in [0.25, 0.3) is 5.69 Å². The van der Waals surface area contributed by atoms with Crippen LogP contribution in [0.1, 0.15) is 61.5 Å². The van der Waals surface area contributed by atoms with Gasteiger partial charge < -0.3 is 5.11 Å². The summed E-state index contributed by atoms with van der Waals surface area (Å²) in [6, 6.07) is 7.17. The molecule has 0 saturated heterocycles. The van der Waals surface area contributed by atoms with Crippen LogP contribution < -0.4 is 0 Å². The Morgan fingerprint density at radius 3 is 2.85 bits per heavy atom. The largest absolute Gasteiger partial charge is 0.478 e. The minimum absolute atomic E-state index is 0.260. The van der Waals surface area contributed by atoms with Crippen molar-refractivity contribution in [3.63, 3.8) is 0 Å². The van der Waals surface area contributed by atoms with E-state index in [4.69, 9.17) is 16.6 Å². The van der Waals surface area contributed by atoms with Gasteiger partial charge >= 0.3 is 5.97 Å². The second kappa shape index (κ2) is 11.3. The maximum absolute atomic E-state index is 11.6. The van der Waals surface area contributed by atoms with Crippen molar-refractivity contribution >= 4 is 29.3 Å². The summed E-state index contributed by atoms with van der Waals surface area (Å²) in [7, 11) is 0. The van der Waals surface area contributed by atoms with Crippen LogP contribution in [0.5, 0.6) is 0 Å². The lowest BCUT2D eigenvalue weighted by Gasteiger charge is -2.33. The first-order valence-corrected chi connectivity index (χ1v) is 13.1. The standard InChI is InChI=1S/C27H31ClN2O2S/c1-2-8-24-18-29-27(30(24)23-14-7-12-21(17-23)26(31)32)33-25(19-9-4-3-5-10-19)20-11-6-13-22(28)16-15-20/h6-7,11-20,25H,2-5,8-10H2,1H3,(H,31,32). The molecular formula is C27H31ClN2O2S. The van der Waals surface area contributed by atoms with Crippen molar-refractivity contribution in [2.75, 3.05) is 0 Å². The highest BCUT2D eigenvalue weighted by Crippen LogP contribution is 2.42. The number of imidazole rings is 1. The lowest BCUT2D eigenvalue weighted by Crippen LogP contribution is -2.27. The van der Waals surface area contributed by atoms with Crippen molar-refractivity contribution in [2.24, 2.45) is 11.8 Å². The summed E-state index contributed by atoms with van der Waals surface area (Å²) in [6.45, 7) is 2.15. The number of benzene rings is 1. The highest BCUT2D eigenvalue weighted by atomic mass is 35.5. The molecular weight excluding hydrogens is 452 g/mol. The van der Waals surface area contributed by atoms with Crippen LogP contribution >= 0.6 is 23.4 Å². The van der Waals surface area contributed by atoms with Crippen molar-refractivity contribution in [3.05, 3.63) is 77.1 Å². The van der Waals surface area contributed by atoms with E-state index in [0.29, 0.717) is 16.7 Å². The van der Waals surface area contributed by atoms with Gasteiger partial charge in [-0.1, -0.05) is 80.3 Å². The number of rotatable bonds is 8. The van der Waals surface area contributed by atoms with E-state index < -0.39 is 5.97 Å². The van der Waals surface area contributed by atoms with E-state index >= 15 is 0 Å². The molecule has 2 aliphatic rings. The topological polar surface area (TPSA) is 55.1 Å². The number of thioether (sulfide) groups is 1. The summed E-state index contributed by atoms with van der Waals surface area (Å²) in [5.41, 5.74) is 2.26. The summed E-state index contributed by atoms with van der Waals surface area (Å²) in [4.78, 5) is 16.5. The molecule has 2 aromatic rings. The van der Waals surface area contributed by atoms with Gasteiger partial charge in [-0.25, -0.2) is 9.78 Å². The van der Waals surface area contributed by atoms with Gasteiger partial charge in [0.2, 0.25) is 0 Å². The van der Waals surface area contributed by atoms with Crippen LogP contribution in [0.15, 0.2) is 71.0 Å². The van der Waals surface area contributed by atoms with Crippen LogP contribution in [0.3, 0.4) is 0 Å². The summed E-state index contributed by atoms with van der Waals surface area (Å²) in [6.07, 6.45) is 20.7. The molecule has 0 radical (unpaired) electrons. The first kappa shape index (κ1) is 23.9. The van der Waals surface area contributed by atoms with Gasteiger partial charge in [-0.05, 0) is 55.5 Å². The number of allylic oxidation sites excluding steroid dienone is 6. The van der Waals surface area contributed by atoms with Gasteiger partial charge in [0.25, 0.3) is 0 Å². The summed E-state index contributed by atoms with van der Waals surface area (Å²) in [5.74, 6) is -0.0535. The van der Waals surface area contributed by atoms with Crippen LogP contribution in [-0.4, -0.2) is 25.9 Å². The molecule has 0 bridgehead atoms. The number of carbonyl (C=O) groups is 1. The summed E-state index contributed by atoms with van der Waals surface area (Å²) in [5, 5.41) is 11.5. The normalized spacial score (nSPS) is 19.8. The molecule has 1 aromatic heterocycles. The van der Waals surface area contributed by atoms with Crippen molar-refractivity contribution in [2.45, 2.75) is 62.3 Å². The number of halogens is 1. The fraction of sp³-hybridized carbons (Fsp3) is 0.407. The van der Waals surface area contributed by atoms with Crippen LogP contribution in [0.4, 0.5) is 0 Å². The molecule has 0 aliphatic heterocycles. The first-order chi connectivity index (χ1) is 16.1. The Kier molecular flexibility index (Phi) is 8.15. The first-order valence-electron chi connectivity index (χ1n) is 11.9. The van der Waals surface area contributed by atoms with Gasteiger partial charge in [-0.3, -0.25) is 4.57 Å². The molecule has 33 heavy (non-hydrogen) atoms. The second-order valence-corrected chi connectivity index (χ2v) is 10.4. The number of hydrogen-bond acceptors (Lipinski definition) is 3. The summed E-state index contributed by atoms with van der Waals surface area (Å²) < 4.78 is 2.16. The van der Waals surface area contributed by atoms with Crippen molar-refractivity contribution in [1.82, 2.24) is 9.55 Å². The third kappa shape index (κ3) is 5.82. The maximum Gasteiger partial charge on any atom is 0.335 e. The second-order valence-electron chi connectivity index (χ2n) is 8.83. The number of aryl methyl sites for hydroxylation is 1. The molecule has 2 atom stereocenters. The fourth-order valence-corrected chi connectivity index (χ4v) is 6.46. The predicted molar refractivity (Wildman–Crippen MR) is 136 cm³/mol. The Morgan fingerprint density at radius 1 is 1.27 bits per heavy atom. The van der Waals surface area contributed by atoms with Gasteiger partial charge in [0.05, 0.1) is 5.56 Å². The number of hydrogen-bond donors (Lipinski definition) is 1. The number of carboxylic acids is 1. The number of aromatic nitrogens is 2. The molecule has 0 amide bonds. The molecule has 4 rings (SSSR count). The van der Waals surface area contributed by atoms with Crippen molar-refractivity contribution in [3.8, 4) is 5.69 Å². The average Bonchev–Trinajstić information content (AvgIpc) is 3.09. The van der Waals surface area contributed by atoms with E-state index in [1.54, 1.807) is 12.1 Å². The molecule has 1 saturated carbocycles. The van der Waals surface area contributed by atoms with Crippen LogP contribution in [0.2, 0.25) is 0 Å². The molecule has 2 aliphatic carbocycles. The minimum atomic E-state index is -0.915. The average molecular weight is 483 g/mol. The third-order valence-corrected chi connectivity index (χ3v) is 8.18. The molecule has 1 heterocycles. The number of aromatic carboxylic acids is 1. The van der Waals surface area contributed by atoms with E-state index in [9.17, 15) is 9.90 Å². The number of carboxylic acid groups (broad SMARTS) is 1. The Bertz CT molecular complexity index is 1070. The van der Waals surface area contributed by atoms with E-state index in [0.717, 1.165) is 34.4 Å². The van der Waals surface area contributed by atoms with Gasteiger partial charge in [0.15, 0.2) is 5.16 Å². The Hall–Kier alpha value is -2.24. The predicted octanol–water partition coefficient (Wildman–Crippen LogP) is 7.43. The third-order valence-electron chi connectivity index (χ3n) is 6.46. The van der Waals surface area contributed by atoms with E-state index in [1.807, 2.05) is 42.2 Å².